The Hall–Kier alpha value is -1.88. The topological polar surface area (TPSA) is 63.8 Å². The van der Waals surface area contributed by atoms with Gasteiger partial charge in [0, 0.05) is 12.5 Å². The molecule has 0 fully saturated rings. The summed E-state index contributed by atoms with van der Waals surface area (Å²) in [6.45, 7) is 1.92. The molecule has 2 aromatic rings. The summed E-state index contributed by atoms with van der Waals surface area (Å²) in [6, 6.07) is 5.64. The van der Waals surface area contributed by atoms with E-state index in [4.69, 9.17) is 17.3 Å². The van der Waals surface area contributed by atoms with E-state index < -0.39 is 0 Å². The van der Waals surface area contributed by atoms with Gasteiger partial charge in [0.25, 0.3) is 0 Å². The highest BCUT2D eigenvalue weighted by atomic mass is 35.5. The fourth-order valence-corrected chi connectivity index (χ4v) is 1.64. The summed E-state index contributed by atoms with van der Waals surface area (Å²) >= 11 is 5.96. The van der Waals surface area contributed by atoms with Crippen LogP contribution in [0.15, 0.2) is 24.3 Å². The van der Waals surface area contributed by atoms with Crippen LogP contribution < -0.4 is 11.1 Å². The Morgan fingerprint density at radius 1 is 1.33 bits per heavy atom. The number of nitrogens with zero attached hydrogens (tertiary/aromatic N) is 2. The van der Waals surface area contributed by atoms with Crippen molar-refractivity contribution in [2.75, 3.05) is 11.1 Å². The van der Waals surface area contributed by atoms with E-state index in [9.17, 15) is 4.39 Å². The van der Waals surface area contributed by atoms with Crippen molar-refractivity contribution in [2.24, 2.45) is 0 Å². The molecule has 0 atom stereocenters. The van der Waals surface area contributed by atoms with Crippen LogP contribution in [0.4, 0.5) is 21.7 Å². The number of nitrogens with one attached hydrogen (secondary N) is 1. The molecule has 1 aromatic heterocycles. The van der Waals surface area contributed by atoms with E-state index >= 15 is 0 Å². The monoisotopic (exact) mass is 266 g/mol. The first-order valence-electron chi connectivity index (χ1n) is 5.44. The number of hydrogen-bond acceptors (Lipinski definition) is 4. The summed E-state index contributed by atoms with van der Waals surface area (Å²) in [5.41, 5.74) is 6.10. The zero-order chi connectivity index (χ0) is 13.1. The summed E-state index contributed by atoms with van der Waals surface area (Å²) in [5, 5.41) is 3.33. The SMILES string of the molecule is CCc1nc(N)cc(Nc2cc(F)ccc2Cl)n1. The van der Waals surface area contributed by atoms with E-state index in [1.807, 2.05) is 6.92 Å². The third kappa shape index (κ3) is 2.87. The Morgan fingerprint density at radius 3 is 2.83 bits per heavy atom. The molecular formula is C12H12ClFN4. The number of halogens is 2. The minimum absolute atomic E-state index is 0.358. The molecule has 6 heteroatoms. The second-order valence-corrected chi connectivity index (χ2v) is 4.10. The van der Waals surface area contributed by atoms with E-state index in [1.54, 1.807) is 6.07 Å². The van der Waals surface area contributed by atoms with Crippen LogP contribution in [-0.2, 0) is 6.42 Å². The molecule has 3 N–H and O–H groups in total. The zero-order valence-electron chi connectivity index (χ0n) is 9.74. The lowest BCUT2D eigenvalue weighted by molar-refractivity contribution is 0.628. The first-order valence-corrected chi connectivity index (χ1v) is 5.82. The van der Waals surface area contributed by atoms with Gasteiger partial charge in [-0.05, 0) is 18.2 Å². The highest BCUT2D eigenvalue weighted by Crippen LogP contribution is 2.25. The maximum absolute atomic E-state index is 13.1. The first kappa shape index (κ1) is 12.6. The van der Waals surface area contributed by atoms with Gasteiger partial charge in [-0.15, -0.1) is 0 Å². The molecule has 0 spiro atoms. The predicted octanol–water partition coefficient (Wildman–Crippen LogP) is 3.16. The third-order valence-electron chi connectivity index (χ3n) is 2.30. The molecule has 0 aliphatic carbocycles. The Balaban J connectivity index is 2.33. The first-order chi connectivity index (χ1) is 8.58. The van der Waals surface area contributed by atoms with Crippen LogP contribution in [0.25, 0.3) is 0 Å². The minimum Gasteiger partial charge on any atom is -0.384 e. The number of anilines is 3. The molecule has 1 heterocycles. The average molecular weight is 267 g/mol. The summed E-state index contributed by atoms with van der Waals surface area (Å²) in [6.07, 6.45) is 0.663. The number of nitrogens with two attached hydrogens (primary N) is 1. The fourth-order valence-electron chi connectivity index (χ4n) is 1.47. The number of aryl methyl sites for hydroxylation is 1. The molecule has 18 heavy (non-hydrogen) atoms. The molecule has 0 unspecified atom stereocenters. The Kier molecular flexibility index (Phi) is 3.62. The van der Waals surface area contributed by atoms with Gasteiger partial charge in [-0.1, -0.05) is 18.5 Å². The summed E-state index contributed by atoms with van der Waals surface area (Å²) < 4.78 is 13.1. The van der Waals surface area contributed by atoms with Crippen LogP contribution >= 0.6 is 11.6 Å². The zero-order valence-corrected chi connectivity index (χ0v) is 10.5. The maximum atomic E-state index is 13.1. The van der Waals surface area contributed by atoms with Crippen LogP contribution in [0.1, 0.15) is 12.7 Å². The van der Waals surface area contributed by atoms with Gasteiger partial charge in [0.15, 0.2) is 0 Å². The number of rotatable bonds is 3. The Bertz CT molecular complexity index is 574. The standard InChI is InChI=1S/C12H12ClFN4/c1-2-11-17-10(15)6-12(18-11)16-9-5-7(14)3-4-8(9)13/h3-6H,2H2,1H3,(H3,15,16,17,18). The van der Waals surface area contributed by atoms with Crippen molar-refractivity contribution in [2.45, 2.75) is 13.3 Å². The van der Waals surface area contributed by atoms with Gasteiger partial charge in [0.1, 0.15) is 23.3 Å². The Morgan fingerprint density at radius 2 is 2.11 bits per heavy atom. The van der Waals surface area contributed by atoms with Gasteiger partial charge >= 0.3 is 0 Å². The van der Waals surface area contributed by atoms with Crippen molar-refractivity contribution >= 4 is 28.9 Å². The second-order valence-electron chi connectivity index (χ2n) is 3.70. The molecular weight excluding hydrogens is 255 g/mol. The lowest BCUT2D eigenvalue weighted by atomic mass is 10.3. The molecule has 0 saturated carbocycles. The van der Waals surface area contributed by atoms with Crippen molar-refractivity contribution in [1.29, 1.82) is 0 Å². The minimum atomic E-state index is -0.375. The van der Waals surface area contributed by atoms with Gasteiger partial charge in [0.05, 0.1) is 10.7 Å². The molecule has 0 radical (unpaired) electrons. The molecule has 0 saturated heterocycles. The summed E-state index contributed by atoms with van der Waals surface area (Å²) in [5.74, 6) is 1.09. The highest BCUT2D eigenvalue weighted by Gasteiger charge is 2.05. The molecule has 0 amide bonds. The molecule has 1 aromatic carbocycles. The maximum Gasteiger partial charge on any atom is 0.136 e. The van der Waals surface area contributed by atoms with Crippen molar-refractivity contribution in [1.82, 2.24) is 9.97 Å². The van der Waals surface area contributed by atoms with Gasteiger partial charge < -0.3 is 11.1 Å². The lowest BCUT2D eigenvalue weighted by Gasteiger charge is -2.09. The van der Waals surface area contributed by atoms with Gasteiger partial charge in [-0.3, -0.25) is 0 Å². The molecule has 0 bridgehead atoms. The van der Waals surface area contributed by atoms with Crippen LogP contribution in [0, 0.1) is 5.82 Å². The van der Waals surface area contributed by atoms with Crippen molar-refractivity contribution in [3.05, 3.63) is 40.9 Å². The number of benzene rings is 1. The summed E-state index contributed by atoms with van der Waals surface area (Å²) in [7, 11) is 0. The van der Waals surface area contributed by atoms with Crippen molar-refractivity contribution in [3.8, 4) is 0 Å². The number of hydrogen-bond donors (Lipinski definition) is 2. The van der Waals surface area contributed by atoms with Gasteiger partial charge in [-0.25, -0.2) is 14.4 Å². The quantitative estimate of drug-likeness (QED) is 0.896. The van der Waals surface area contributed by atoms with Crippen LogP contribution in [0.5, 0.6) is 0 Å². The van der Waals surface area contributed by atoms with E-state index in [-0.39, 0.29) is 5.82 Å². The molecule has 94 valence electrons. The number of aromatic nitrogens is 2. The fraction of sp³-hybridized carbons (Fsp3) is 0.167. The van der Waals surface area contributed by atoms with Gasteiger partial charge in [-0.2, -0.15) is 0 Å². The molecule has 2 rings (SSSR count). The molecule has 4 nitrogen and oxygen atoms in total. The van der Waals surface area contributed by atoms with E-state index in [2.05, 4.69) is 15.3 Å². The van der Waals surface area contributed by atoms with E-state index in [1.165, 1.54) is 18.2 Å². The van der Waals surface area contributed by atoms with Crippen LogP contribution in [0.3, 0.4) is 0 Å². The van der Waals surface area contributed by atoms with Crippen LogP contribution in [-0.4, -0.2) is 9.97 Å². The average Bonchev–Trinajstić information content (AvgIpc) is 2.33. The van der Waals surface area contributed by atoms with E-state index in [0.717, 1.165) is 0 Å². The predicted molar refractivity (Wildman–Crippen MR) is 70.5 cm³/mol. The van der Waals surface area contributed by atoms with Crippen molar-refractivity contribution in [3.63, 3.8) is 0 Å². The van der Waals surface area contributed by atoms with Gasteiger partial charge in [0.2, 0.25) is 0 Å². The number of nitrogen functional groups attached to an aromatic ring is 1. The second kappa shape index (κ2) is 5.18. The molecule has 0 aliphatic heterocycles. The normalized spacial score (nSPS) is 10.4. The summed E-state index contributed by atoms with van der Waals surface area (Å²) in [4.78, 5) is 8.29. The smallest absolute Gasteiger partial charge is 0.136 e. The largest absolute Gasteiger partial charge is 0.384 e. The third-order valence-corrected chi connectivity index (χ3v) is 2.63. The molecule has 0 aliphatic rings. The Labute approximate surface area is 109 Å². The lowest BCUT2D eigenvalue weighted by Crippen LogP contribution is -2.03. The van der Waals surface area contributed by atoms with Crippen LogP contribution in [0.2, 0.25) is 5.02 Å². The van der Waals surface area contributed by atoms with E-state index in [0.29, 0.717) is 34.6 Å². The highest BCUT2D eigenvalue weighted by molar-refractivity contribution is 6.33. The van der Waals surface area contributed by atoms with Crippen molar-refractivity contribution < 1.29 is 4.39 Å².